The van der Waals surface area contributed by atoms with Gasteiger partial charge in [0.15, 0.2) is 11.5 Å². The third kappa shape index (κ3) is 20.1. The van der Waals surface area contributed by atoms with Crippen molar-refractivity contribution in [1.29, 1.82) is 0 Å². The second-order valence-electron chi connectivity index (χ2n) is 9.78. The van der Waals surface area contributed by atoms with Gasteiger partial charge in [0.1, 0.15) is 0 Å². The largest absolute Gasteiger partial charge is 0.493 e. The molecule has 0 aliphatic rings. The van der Waals surface area contributed by atoms with E-state index in [1.165, 1.54) is 25.3 Å². The summed E-state index contributed by atoms with van der Waals surface area (Å²) in [5, 5.41) is 5.85. The third-order valence-corrected chi connectivity index (χ3v) is 6.33. The van der Waals surface area contributed by atoms with E-state index in [1.54, 1.807) is 20.3 Å². The molecule has 0 bridgehead atoms. The Kier molecular flexibility index (Phi) is 22.0. The van der Waals surface area contributed by atoms with Crippen LogP contribution in [0.1, 0.15) is 89.5 Å². The first kappa shape index (κ1) is 35.5. The molecule has 0 radical (unpaired) electrons. The lowest BCUT2D eigenvalue weighted by Gasteiger charge is -2.07. The van der Waals surface area contributed by atoms with Gasteiger partial charge in [0, 0.05) is 25.6 Å². The molecule has 1 aromatic rings. The molecule has 0 saturated heterocycles. The van der Waals surface area contributed by atoms with Gasteiger partial charge in [-0.05, 0) is 69.1 Å². The molecule has 0 unspecified atom stereocenters. The van der Waals surface area contributed by atoms with Crippen LogP contribution in [-0.2, 0) is 9.59 Å². The van der Waals surface area contributed by atoms with E-state index in [-0.39, 0.29) is 11.8 Å². The lowest BCUT2D eigenvalue weighted by Crippen LogP contribution is -2.26. The molecular formula is C35H52N2O4. The smallest absolute Gasteiger partial charge is 0.243 e. The molecule has 0 aliphatic heterocycles. The predicted octanol–water partition coefficient (Wildman–Crippen LogP) is 7.88. The van der Waals surface area contributed by atoms with Gasteiger partial charge in [0.05, 0.1) is 14.2 Å². The first-order chi connectivity index (χ1) is 20.1. The van der Waals surface area contributed by atoms with Gasteiger partial charge >= 0.3 is 0 Å². The fourth-order valence-electron chi connectivity index (χ4n) is 4.01. The molecule has 0 aromatic heterocycles. The number of carbonyl (C=O) groups is 2. The fourth-order valence-corrected chi connectivity index (χ4v) is 4.01. The second kappa shape index (κ2) is 25.4. The minimum absolute atomic E-state index is 0.124. The summed E-state index contributed by atoms with van der Waals surface area (Å²) in [5.74, 6) is 1.33. The molecule has 41 heavy (non-hydrogen) atoms. The molecule has 0 atom stereocenters. The number of benzene rings is 1. The Morgan fingerprint density at radius 1 is 0.732 bits per heavy atom. The van der Waals surface area contributed by atoms with Crippen LogP contribution >= 0.6 is 0 Å². The molecule has 2 N–H and O–H groups in total. The molecule has 0 saturated carbocycles. The van der Waals surface area contributed by atoms with Crippen molar-refractivity contribution in [2.75, 3.05) is 27.3 Å². The normalized spacial score (nSPS) is 11.9. The summed E-state index contributed by atoms with van der Waals surface area (Å²) in [6.45, 7) is 3.39. The molecule has 6 heteroatoms. The minimum Gasteiger partial charge on any atom is -0.493 e. The van der Waals surface area contributed by atoms with E-state index < -0.39 is 0 Å². The zero-order valence-corrected chi connectivity index (χ0v) is 25.5. The Bertz CT molecular complexity index is 992. The highest BCUT2D eigenvalue weighted by Gasteiger charge is 2.03. The summed E-state index contributed by atoms with van der Waals surface area (Å²) in [6.07, 6.45) is 32.5. The average molecular weight is 565 g/mol. The van der Waals surface area contributed by atoms with Gasteiger partial charge in [-0.2, -0.15) is 0 Å². The quantitative estimate of drug-likeness (QED) is 0.0614. The van der Waals surface area contributed by atoms with Crippen LogP contribution in [0, 0.1) is 0 Å². The maximum Gasteiger partial charge on any atom is 0.243 e. The molecule has 0 spiro atoms. The maximum absolute atomic E-state index is 12.0. The summed E-state index contributed by atoms with van der Waals surface area (Å²) in [7, 11) is 3.20. The van der Waals surface area contributed by atoms with Gasteiger partial charge in [0.2, 0.25) is 11.8 Å². The molecule has 0 fully saturated rings. The van der Waals surface area contributed by atoms with Gasteiger partial charge in [-0.15, -0.1) is 0 Å². The van der Waals surface area contributed by atoms with E-state index >= 15 is 0 Å². The van der Waals surface area contributed by atoms with Crippen LogP contribution in [0.15, 0.2) is 72.9 Å². The fraction of sp³-hybridized carbons (Fsp3) is 0.486. The summed E-state index contributed by atoms with van der Waals surface area (Å²) in [4.78, 5) is 24.0. The Morgan fingerprint density at radius 2 is 1.39 bits per heavy atom. The van der Waals surface area contributed by atoms with Gasteiger partial charge in [-0.1, -0.05) is 86.9 Å². The van der Waals surface area contributed by atoms with Crippen molar-refractivity contribution in [3.63, 3.8) is 0 Å². The molecule has 226 valence electrons. The number of ether oxygens (including phenoxy) is 2. The Hall–Kier alpha value is -3.54. The van der Waals surface area contributed by atoms with Crippen molar-refractivity contribution in [3.05, 3.63) is 78.4 Å². The number of unbranched alkanes of at least 4 members (excludes halogenated alkanes) is 6. The van der Waals surface area contributed by atoms with Crippen molar-refractivity contribution < 1.29 is 19.1 Å². The zero-order valence-electron chi connectivity index (χ0n) is 25.5. The van der Waals surface area contributed by atoms with E-state index in [9.17, 15) is 9.59 Å². The molecule has 0 aliphatic carbocycles. The predicted molar refractivity (Wildman–Crippen MR) is 172 cm³/mol. The van der Waals surface area contributed by atoms with Crippen LogP contribution in [0.25, 0.3) is 6.08 Å². The summed E-state index contributed by atoms with van der Waals surface area (Å²) in [6, 6.07) is 5.63. The number of nitrogens with one attached hydrogen (secondary N) is 2. The lowest BCUT2D eigenvalue weighted by atomic mass is 10.1. The van der Waals surface area contributed by atoms with Crippen molar-refractivity contribution in [1.82, 2.24) is 10.6 Å². The molecule has 2 amide bonds. The second-order valence-corrected chi connectivity index (χ2v) is 9.78. The van der Waals surface area contributed by atoms with Gasteiger partial charge in [-0.3, -0.25) is 9.59 Å². The maximum atomic E-state index is 12.0. The van der Waals surface area contributed by atoms with Gasteiger partial charge in [0.25, 0.3) is 0 Å². The van der Waals surface area contributed by atoms with Crippen LogP contribution in [-0.4, -0.2) is 39.1 Å². The van der Waals surface area contributed by atoms with E-state index in [2.05, 4.69) is 54.0 Å². The molecule has 1 rings (SSSR count). The van der Waals surface area contributed by atoms with Crippen LogP contribution < -0.4 is 20.1 Å². The van der Waals surface area contributed by atoms with Crippen molar-refractivity contribution in [2.45, 2.75) is 84.0 Å². The summed E-state index contributed by atoms with van der Waals surface area (Å²) < 4.78 is 10.5. The zero-order chi connectivity index (χ0) is 29.8. The third-order valence-electron chi connectivity index (χ3n) is 6.33. The SMILES string of the molecule is CCC=CCC=CCC=CCCCCCCCC(=O)NCCCCNC(=O)C=CC=Cc1ccc(OC)c(OC)c1. The highest BCUT2D eigenvalue weighted by molar-refractivity contribution is 5.87. The lowest BCUT2D eigenvalue weighted by molar-refractivity contribution is -0.121. The molecule has 0 heterocycles. The summed E-state index contributed by atoms with van der Waals surface area (Å²) >= 11 is 0. The van der Waals surface area contributed by atoms with Crippen molar-refractivity contribution in [2.24, 2.45) is 0 Å². The van der Waals surface area contributed by atoms with Crippen LogP contribution in [0.2, 0.25) is 0 Å². The number of hydrogen-bond donors (Lipinski definition) is 2. The first-order valence-corrected chi connectivity index (χ1v) is 15.2. The Morgan fingerprint density at radius 3 is 2.12 bits per heavy atom. The van der Waals surface area contributed by atoms with E-state index in [1.807, 2.05) is 30.4 Å². The minimum atomic E-state index is -0.134. The highest BCUT2D eigenvalue weighted by atomic mass is 16.5. The number of rotatable bonds is 23. The van der Waals surface area contributed by atoms with E-state index in [0.717, 1.165) is 56.9 Å². The highest BCUT2D eigenvalue weighted by Crippen LogP contribution is 2.27. The van der Waals surface area contributed by atoms with Gasteiger partial charge in [-0.25, -0.2) is 0 Å². The molecule has 6 nitrogen and oxygen atoms in total. The van der Waals surface area contributed by atoms with E-state index in [0.29, 0.717) is 31.0 Å². The average Bonchev–Trinajstić information content (AvgIpc) is 2.98. The molecular weight excluding hydrogens is 512 g/mol. The van der Waals surface area contributed by atoms with Gasteiger partial charge < -0.3 is 20.1 Å². The summed E-state index contributed by atoms with van der Waals surface area (Å²) in [5.41, 5.74) is 0.948. The monoisotopic (exact) mass is 564 g/mol. The Balaban J connectivity index is 1.97. The number of methoxy groups -OCH3 is 2. The molecule has 1 aromatic carbocycles. The first-order valence-electron chi connectivity index (χ1n) is 15.2. The van der Waals surface area contributed by atoms with E-state index in [4.69, 9.17) is 9.47 Å². The standard InChI is InChI=1S/C35H52N2O4/c1-4-5-6-7-8-9-10-11-12-13-14-15-16-17-18-24-34(38)36-28-21-22-29-37-35(39)25-20-19-23-31-26-27-32(40-2)33(30-31)41-3/h5-6,8-9,11-12,19-20,23,25-27,30H,4,7,10,13-18,21-22,24,28-29H2,1-3H3,(H,36,38)(H,37,39). The van der Waals surface area contributed by atoms with Crippen LogP contribution in [0.3, 0.4) is 0 Å². The van der Waals surface area contributed by atoms with Crippen LogP contribution in [0.4, 0.5) is 0 Å². The number of allylic oxidation sites excluding steroid dienone is 8. The Labute approximate surface area is 248 Å². The number of hydrogen-bond acceptors (Lipinski definition) is 4. The number of carbonyl (C=O) groups excluding carboxylic acids is 2. The van der Waals surface area contributed by atoms with Crippen molar-refractivity contribution in [3.8, 4) is 11.5 Å². The topological polar surface area (TPSA) is 76.7 Å². The number of amides is 2. The van der Waals surface area contributed by atoms with Crippen LogP contribution in [0.5, 0.6) is 11.5 Å². The van der Waals surface area contributed by atoms with Crippen molar-refractivity contribution >= 4 is 17.9 Å².